The van der Waals surface area contributed by atoms with E-state index in [4.69, 9.17) is 19.2 Å². The molecule has 1 saturated carbocycles. The predicted molar refractivity (Wildman–Crippen MR) is 235 cm³/mol. The zero-order chi connectivity index (χ0) is 43.3. The van der Waals surface area contributed by atoms with Gasteiger partial charge in [-0.2, -0.15) is 0 Å². The van der Waals surface area contributed by atoms with E-state index in [0.29, 0.717) is 88.1 Å². The molecule has 0 bridgehead atoms. The maximum Gasteiger partial charge on any atom is 0.410 e. The van der Waals surface area contributed by atoms with Gasteiger partial charge in [0.15, 0.2) is 5.65 Å². The fourth-order valence-corrected chi connectivity index (χ4v) is 9.77. The third kappa shape index (κ3) is 8.00. The minimum absolute atomic E-state index is 0.0872. The van der Waals surface area contributed by atoms with Crippen molar-refractivity contribution in [3.05, 3.63) is 120 Å². The highest BCUT2D eigenvalue weighted by atomic mass is 32.2. The number of aromatic nitrogens is 3. The summed E-state index contributed by atoms with van der Waals surface area (Å²) in [6.45, 7) is 8.55. The zero-order valence-corrected chi connectivity index (χ0v) is 36.0. The van der Waals surface area contributed by atoms with Crippen LogP contribution in [0.1, 0.15) is 79.4 Å². The van der Waals surface area contributed by atoms with Crippen molar-refractivity contribution in [1.29, 1.82) is 0 Å². The molecule has 13 nitrogen and oxygen atoms in total. The molecule has 1 aliphatic carbocycles. The number of carbonyl (C=O) groups is 2. The van der Waals surface area contributed by atoms with Gasteiger partial charge in [0.1, 0.15) is 36.1 Å². The van der Waals surface area contributed by atoms with E-state index in [0.717, 1.165) is 18.4 Å². The molecule has 2 fully saturated rings. The topological polar surface area (TPSA) is 153 Å². The Bertz CT molecular complexity index is 2790. The number of benzene rings is 4. The van der Waals surface area contributed by atoms with E-state index in [2.05, 4.69) is 4.98 Å². The van der Waals surface area contributed by atoms with Gasteiger partial charge in [0, 0.05) is 42.4 Å². The molecule has 14 heteroatoms. The lowest BCUT2D eigenvalue weighted by Crippen LogP contribution is -2.44. The number of rotatable bonds is 9. The minimum atomic E-state index is -4.22. The molecule has 0 atom stereocenters. The molecule has 320 valence electrons. The summed E-state index contributed by atoms with van der Waals surface area (Å²) < 4.78 is 48.6. The van der Waals surface area contributed by atoms with Crippen LogP contribution in [0, 0.1) is 6.92 Å². The third-order valence-corrected chi connectivity index (χ3v) is 13.3. The van der Waals surface area contributed by atoms with E-state index in [1.54, 1.807) is 58.3 Å². The van der Waals surface area contributed by atoms with Crippen LogP contribution in [0.3, 0.4) is 0 Å². The number of piperidine rings is 1. The number of nitrogens with zero attached hydrogens (tertiary/aromatic N) is 5. The molecule has 4 aromatic carbocycles. The van der Waals surface area contributed by atoms with Crippen molar-refractivity contribution in [2.75, 3.05) is 31.1 Å². The van der Waals surface area contributed by atoms with Crippen molar-refractivity contribution in [1.82, 2.24) is 18.8 Å². The third-order valence-electron chi connectivity index (χ3n) is 11.6. The summed E-state index contributed by atoms with van der Waals surface area (Å²) in [6.07, 6.45) is 4.40. The van der Waals surface area contributed by atoms with Crippen molar-refractivity contribution >= 4 is 38.7 Å². The minimum Gasteiger partial charge on any atom is -0.491 e. The van der Waals surface area contributed by atoms with Crippen molar-refractivity contribution < 1.29 is 37.3 Å². The number of hydrogen-bond donors (Lipinski definition) is 1. The number of aliphatic hydroxyl groups is 1. The van der Waals surface area contributed by atoms with Gasteiger partial charge in [-0.3, -0.25) is 4.79 Å². The number of anilines is 1. The van der Waals surface area contributed by atoms with E-state index in [-0.39, 0.29) is 41.8 Å². The molecule has 3 aliphatic rings. The highest BCUT2D eigenvalue weighted by Gasteiger charge is 2.32. The van der Waals surface area contributed by atoms with Gasteiger partial charge in [-0.15, -0.1) is 0 Å². The second-order valence-electron chi connectivity index (χ2n) is 17.2. The lowest BCUT2D eigenvalue weighted by atomic mass is 9.99. The number of ether oxygens (including phenoxy) is 3. The van der Waals surface area contributed by atoms with Gasteiger partial charge < -0.3 is 29.1 Å². The Labute approximate surface area is 360 Å². The van der Waals surface area contributed by atoms with Crippen LogP contribution in [-0.4, -0.2) is 82.3 Å². The van der Waals surface area contributed by atoms with Crippen LogP contribution in [0.25, 0.3) is 33.5 Å². The lowest BCUT2D eigenvalue weighted by molar-refractivity contribution is 0.0126. The molecular weight excluding hydrogens is 807 g/mol. The number of aryl methyl sites for hydroxylation is 1. The largest absolute Gasteiger partial charge is 0.491 e. The van der Waals surface area contributed by atoms with Crippen LogP contribution in [0.2, 0.25) is 0 Å². The second kappa shape index (κ2) is 16.2. The number of fused-ring (bicyclic) bond motifs is 2. The van der Waals surface area contributed by atoms with Gasteiger partial charge in [-0.05, 0) is 118 Å². The first-order chi connectivity index (χ1) is 29.8. The van der Waals surface area contributed by atoms with Crippen LogP contribution < -0.4 is 14.4 Å². The van der Waals surface area contributed by atoms with Crippen LogP contribution in [0.4, 0.5) is 10.5 Å². The molecule has 1 N–H and O–H groups in total. The van der Waals surface area contributed by atoms with Gasteiger partial charge in [0.25, 0.3) is 15.9 Å². The summed E-state index contributed by atoms with van der Waals surface area (Å²) >= 11 is 0. The summed E-state index contributed by atoms with van der Waals surface area (Å²) in [6, 6.07) is 26.8. The predicted octanol–water partition coefficient (Wildman–Crippen LogP) is 8.50. The molecule has 2 aromatic heterocycles. The van der Waals surface area contributed by atoms with Gasteiger partial charge in [-0.25, -0.2) is 27.2 Å². The molecule has 0 radical (unpaired) electrons. The fraction of sp³-hybridized carbons (Fsp3) is 0.333. The Balaban J connectivity index is 1.07. The average molecular weight is 856 g/mol. The first-order valence-electron chi connectivity index (χ1n) is 21.0. The molecule has 9 rings (SSSR count). The number of amides is 2. The van der Waals surface area contributed by atoms with Crippen molar-refractivity contribution in [2.24, 2.45) is 0 Å². The van der Waals surface area contributed by atoms with Gasteiger partial charge >= 0.3 is 6.09 Å². The summed E-state index contributed by atoms with van der Waals surface area (Å²) in [5.41, 5.74) is 4.93. The van der Waals surface area contributed by atoms with Crippen LogP contribution in [0.15, 0.2) is 102 Å². The van der Waals surface area contributed by atoms with E-state index >= 15 is 0 Å². The van der Waals surface area contributed by atoms with E-state index < -0.39 is 22.2 Å². The maximum absolute atomic E-state index is 14.7. The Morgan fingerprint density at radius 1 is 0.887 bits per heavy atom. The molecule has 2 amide bonds. The van der Waals surface area contributed by atoms with Crippen LogP contribution in [0.5, 0.6) is 11.5 Å². The smallest absolute Gasteiger partial charge is 0.410 e. The van der Waals surface area contributed by atoms with Crippen molar-refractivity contribution in [2.45, 2.75) is 82.5 Å². The summed E-state index contributed by atoms with van der Waals surface area (Å²) in [5, 5.41) is 11.5. The molecule has 1 saturated heterocycles. The van der Waals surface area contributed by atoms with Crippen LogP contribution >= 0.6 is 0 Å². The maximum atomic E-state index is 14.7. The van der Waals surface area contributed by atoms with Gasteiger partial charge in [0.05, 0.1) is 40.7 Å². The fourth-order valence-electron chi connectivity index (χ4n) is 8.29. The number of hydrogen-bond acceptors (Lipinski definition) is 10. The summed E-state index contributed by atoms with van der Waals surface area (Å²) in [5.74, 6) is 1.43. The summed E-state index contributed by atoms with van der Waals surface area (Å²) in [7, 11) is -4.22. The molecule has 62 heavy (non-hydrogen) atoms. The molecule has 6 aromatic rings. The monoisotopic (exact) mass is 855 g/mol. The SMILES string of the molecule is Cc1ccc(S(=O)(=O)n2c(-c3ccc(OC4CCN(C(=O)OC(C)(C)C)CC4)cc3)cc3c(-c4cccc(N5CCOc6cc(C7CC7)ccc6C5=O)c4CO)ncnc32)cc1. The Morgan fingerprint density at radius 2 is 1.63 bits per heavy atom. The highest BCUT2D eigenvalue weighted by molar-refractivity contribution is 7.90. The Kier molecular flexibility index (Phi) is 10.8. The molecule has 4 heterocycles. The quantitative estimate of drug-likeness (QED) is 0.150. The molecule has 2 aliphatic heterocycles. The Hall–Kier alpha value is -6.25. The lowest BCUT2D eigenvalue weighted by Gasteiger charge is -2.33. The average Bonchev–Trinajstić information content (AvgIpc) is 4.06. The number of likely N-dealkylation sites (tertiary alicyclic amines) is 1. The Morgan fingerprint density at radius 3 is 2.32 bits per heavy atom. The van der Waals surface area contributed by atoms with Crippen molar-refractivity contribution in [3.8, 4) is 34.0 Å². The van der Waals surface area contributed by atoms with Gasteiger partial charge in [0.2, 0.25) is 0 Å². The number of aliphatic hydroxyl groups excluding tert-OH is 1. The molecule has 0 spiro atoms. The van der Waals surface area contributed by atoms with Crippen LogP contribution in [-0.2, 0) is 21.4 Å². The molecular formula is C48H49N5O8S. The second-order valence-corrected chi connectivity index (χ2v) is 19.0. The van der Waals surface area contributed by atoms with Crippen molar-refractivity contribution in [3.63, 3.8) is 0 Å². The molecule has 0 unspecified atom stereocenters. The standard InChI is InChI=1S/C48H49N5O8S/c1-30-8-17-36(18-9-30)62(57,58)53-42(32-12-15-34(16-13-32)60-35-20-22-51(23-21-35)47(56)61-48(2,3)4)27-39-44(49-29-50-45(39)53)37-6-5-7-41(40(37)28-54)52-24-25-59-43-26-33(31-10-11-31)14-19-38(43)46(52)55/h5-9,12-19,26-27,29,31,35,54H,10-11,20-25,28H2,1-4H3. The first kappa shape index (κ1) is 41.1. The number of carbonyl (C=O) groups excluding carboxylic acids is 2. The van der Waals surface area contributed by atoms with Gasteiger partial charge in [-0.1, -0.05) is 35.9 Å². The first-order valence-corrected chi connectivity index (χ1v) is 22.5. The highest BCUT2D eigenvalue weighted by Crippen LogP contribution is 2.43. The van der Waals surface area contributed by atoms with E-state index in [1.165, 1.54) is 15.9 Å². The normalized spacial score (nSPS) is 16.2. The zero-order valence-electron chi connectivity index (χ0n) is 35.2. The van der Waals surface area contributed by atoms with E-state index in [1.807, 2.05) is 70.2 Å². The van der Waals surface area contributed by atoms with E-state index in [9.17, 15) is 23.1 Å². The summed E-state index contributed by atoms with van der Waals surface area (Å²) in [4.78, 5) is 39.5.